The summed E-state index contributed by atoms with van der Waals surface area (Å²) >= 11 is 0. The van der Waals surface area contributed by atoms with Crippen LogP contribution in [0, 0.1) is 10.1 Å². The monoisotopic (exact) mass is 309 g/mol. The number of nitrogens with zero attached hydrogens (tertiary/aromatic N) is 2. The number of non-ortho nitro benzene ring substituents is 1. The summed E-state index contributed by atoms with van der Waals surface area (Å²) in [5.74, 6) is 0.172. The first-order chi connectivity index (χ1) is 10.4. The van der Waals surface area contributed by atoms with Gasteiger partial charge in [0.2, 0.25) is 0 Å². The van der Waals surface area contributed by atoms with Gasteiger partial charge in [0.25, 0.3) is 11.6 Å². The Hall–Kier alpha value is -2.19. The molecule has 2 N–H and O–H groups in total. The maximum atomic E-state index is 12.5. The maximum Gasteiger partial charge on any atom is 0.271 e. The molecule has 0 fully saturated rings. The smallest absolute Gasteiger partial charge is 0.271 e. The van der Waals surface area contributed by atoms with Crippen molar-refractivity contribution in [1.82, 2.24) is 0 Å². The number of ether oxygens (including phenoxy) is 2. The van der Waals surface area contributed by atoms with Gasteiger partial charge in [-0.1, -0.05) is 0 Å². The maximum absolute atomic E-state index is 12.5. The van der Waals surface area contributed by atoms with Gasteiger partial charge in [-0.25, -0.2) is 0 Å². The first-order valence-electron chi connectivity index (χ1n) is 6.94. The summed E-state index contributed by atoms with van der Waals surface area (Å²) in [6.45, 7) is 4.68. The van der Waals surface area contributed by atoms with Crippen LogP contribution in [0.2, 0.25) is 0 Å². The lowest BCUT2D eigenvalue weighted by atomic mass is 10.0. The summed E-state index contributed by atoms with van der Waals surface area (Å²) in [5.41, 5.74) is 4.61. The van der Waals surface area contributed by atoms with Crippen LogP contribution in [-0.4, -0.2) is 42.7 Å². The standard InChI is InChI=1S/C14H19N3O5/c1-14(2)13(18)16(6-8-21-7-5-15)11-9-10(17(19)20)3-4-12(11)22-14/h3-4,9H,5-8,15H2,1-2H3. The number of benzene rings is 1. The Morgan fingerprint density at radius 1 is 1.41 bits per heavy atom. The fourth-order valence-corrected chi connectivity index (χ4v) is 2.23. The Morgan fingerprint density at radius 3 is 2.77 bits per heavy atom. The summed E-state index contributed by atoms with van der Waals surface area (Å²) in [4.78, 5) is 24.4. The van der Waals surface area contributed by atoms with Crippen LogP contribution in [0.1, 0.15) is 13.8 Å². The highest BCUT2D eigenvalue weighted by Crippen LogP contribution is 2.39. The van der Waals surface area contributed by atoms with Crippen molar-refractivity contribution in [3.8, 4) is 5.75 Å². The lowest BCUT2D eigenvalue weighted by Crippen LogP contribution is -2.53. The second kappa shape index (κ2) is 6.29. The largest absolute Gasteiger partial charge is 0.476 e. The number of nitrogens with two attached hydrogens (primary N) is 1. The molecule has 1 aliphatic rings. The van der Waals surface area contributed by atoms with Crippen LogP contribution in [0.5, 0.6) is 5.75 Å². The third kappa shape index (κ3) is 3.18. The van der Waals surface area contributed by atoms with Crippen molar-refractivity contribution < 1.29 is 19.2 Å². The molecule has 0 unspecified atom stereocenters. The Balaban J connectivity index is 2.31. The van der Waals surface area contributed by atoms with Crippen LogP contribution in [0.3, 0.4) is 0 Å². The molecule has 2 rings (SSSR count). The SMILES string of the molecule is CC1(C)Oc2ccc([N+](=O)[O-])cc2N(CCOCCN)C1=O. The van der Waals surface area contributed by atoms with Crippen molar-refractivity contribution in [1.29, 1.82) is 0 Å². The van der Waals surface area contributed by atoms with Crippen molar-refractivity contribution in [2.45, 2.75) is 19.4 Å². The van der Waals surface area contributed by atoms with E-state index in [2.05, 4.69) is 0 Å². The van der Waals surface area contributed by atoms with E-state index in [0.717, 1.165) is 0 Å². The average Bonchev–Trinajstić information content (AvgIpc) is 2.46. The highest BCUT2D eigenvalue weighted by atomic mass is 16.6. The van der Waals surface area contributed by atoms with Gasteiger partial charge in [0.05, 0.1) is 23.8 Å². The zero-order valence-electron chi connectivity index (χ0n) is 12.6. The molecule has 0 bridgehead atoms. The van der Waals surface area contributed by atoms with Crippen molar-refractivity contribution >= 4 is 17.3 Å². The second-order valence-electron chi connectivity index (χ2n) is 5.38. The molecule has 0 radical (unpaired) electrons. The van der Waals surface area contributed by atoms with Crippen LogP contribution in [0.15, 0.2) is 18.2 Å². The molecule has 0 atom stereocenters. The van der Waals surface area contributed by atoms with E-state index in [-0.39, 0.29) is 18.1 Å². The van der Waals surface area contributed by atoms with Gasteiger partial charge >= 0.3 is 0 Å². The van der Waals surface area contributed by atoms with Crippen molar-refractivity contribution in [3.05, 3.63) is 28.3 Å². The van der Waals surface area contributed by atoms with Gasteiger partial charge in [0, 0.05) is 25.2 Å². The Labute approximate surface area is 127 Å². The van der Waals surface area contributed by atoms with E-state index in [1.54, 1.807) is 13.8 Å². The lowest BCUT2D eigenvalue weighted by molar-refractivity contribution is -0.384. The zero-order chi connectivity index (χ0) is 16.3. The topological polar surface area (TPSA) is 108 Å². The number of anilines is 1. The predicted molar refractivity (Wildman–Crippen MR) is 80.0 cm³/mol. The fourth-order valence-electron chi connectivity index (χ4n) is 2.23. The van der Waals surface area contributed by atoms with Crippen LogP contribution in [0.25, 0.3) is 0 Å². The molecular formula is C14H19N3O5. The van der Waals surface area contributed by atoms with E-state index in [1.807, 2.05) is 0 Å². The highest BCUT2D eigenvalue weighted by Gasteiger charge is 2.41. The number of fused-ring (bicyclic) bond motifs is 1. The number of carbonyl (C=O) groups excluding carboxylic acids is 1. The summed E-state index contributed by atoms with van der Waals surface area (Å²) in [5, 5.41) is 10.9. The fraction of sp³-hybridized carbons (Fsp3) is 0.500. The van der Waals surface area contributed by atoms with E-state index < -0.39 is 10.5 Å². The number of carbonyl (C=O) groups is 1. The van der Waals surface area contributed by atoms with Gasteiger partial charge < -0.3 is 20.1 Å². The van der Waals surface area contributed by atoms with Crippen molar-refractivity contribution in [2.75, 3.05) is 31.2 Å². The number of hydrogen-bond acceptors (Lipinski definition) is 6. The summed E-state index contributed by atoms with van der Waals surface area (Å²) in [6, 6.07) is 4.20. The van der Waals surface area contributed by atoms with Gasteiger partial charge in [0.1, 0.15) is 5.75 Å². The molecular weight excluding hydrogens is 290 g/mol. The zero-order valence-corrected chi connectivity index (χ0v) is 12.6. The van der Waals surface area contributed by atoms with Crippen molar-refractivity contribution in [2.24, 2.45) is 5.73 Å². The minimum absolute atomic E-state index is 0.0947. The van der Waals surface area contributed by atoms with Crippen LogP contribution in [-0.2, 0) is 9.53 Å². The quantitative estimate of drug-likeness (QED) is 0.478. The normalized spacial score (nSPS) is 16.1. The number of hydrogen-bond donors (Lipinski definition) is 1. The number of nitro groups is 1. The Bertz CT molecular complexity index is 588. The van der Waals surface area contributed by atoms with Gasteiger partial charge in [-0.3, -0.25) is 14.9 Å². The number of rotatable bonds is 6. The molecule has 1 aromatic carbocycles. The first-order valence-corrected chi connectivity index (χ1v) is 6.94. The summed E-state index contributed by atoms with van der Waals surface area (Å²) in [6.07, 6.45) is 0. The van der Waals surface area contributed by atoms with Gasteiger partial charge in [0.15, 0.2) is 5.60 Å². The minimum atomic E-state index is -1.03. The molecule has 1 heterocycles. The second-order valence-corrected chi connectivity index (χ2v) is 5.38. The third-order valence-corrected chi connectivity index (χ3v) is 3.29. The number of amides is 1. The third-order valence-electron chi connectivity index (χ3n) is 3.29. The minimum Gasteiger partial charge on any atom is -0.476 e. The molecule has 8 heteroatoms. The summed E-state index contributed by atoms with van der Waals surface area (Å²) < 4.78 is 11.0. The Morgan fingerprint density at radius 2 is 2.14 bits per heavy atom. The molecule has 1 amide bonds. The number of nitro benzene ring substituents is 1. The van der Waals surface area contributed by atoms with E-state index in [0.29, 0.717) is 31.2 Å². The summed E-state index contributed by atoms with van der Waals surface area (Å²) in [7, 11) is 0. The molecule has 0 saturated carbocycles. The molecule has 22 heavy (non-hydrogen) atoms. The molecule has 120 valence electrons. The molecule has 8 nitrogen and oxygen atoms in total. The first kappa shape index (κ1) is 16.2. The molecule has 1 aromatic rings. The predicted octanol–water partition coefficient (Wildman–Crippen LogP) is 1.07. The van der Waals surface area contributed by atoms with Gasteiger partial charge in [-0.2, -0.15) is 0 Å². The van der Waals surface area contributed by atoms with Gasteiger partial charge in [-0.05, 0) is 19.9 Å². The van der Waals surface area contributed by atoms with Crippen LogP contribution >= 0.6 is 0 Å². The van der Waals surface area contributed by atoms with E-state index in [1.165, 1.54) is 23.1 Å². The average molecular weight is 309 g/mol. The van der Waals surface area contributed by atoms with E-state index >= 15 is 0 Å². The van der Waals surface area contributed by atoms with Gasteiger partial charge in [-0.15, -0.1) is 0 Å². The van der Waals surface area contributed by atoms with Crippen LogP contribution in [0.4, 0.5) is 11.4 Å². The molecule has 0 spiro atoms. The Kier molecular flexibility index (Phi) is 4.62. The van der Waals surface area contributed by atoms with Crippen LogP contribution < -0.4 is 15.4 Å². The van der Waals surface area contributed by atoms with Crippen molar-refractivity contribution in [3.63, 3.8) is 0 Å². The molecule has 0 aromatic heterocycles. The molecule has 1 aliphatic heterocycles. The molecule has 0 aliphatic carbocycles. The highest BCUT2D eigenvalue weighted by molar-refractivity contribution is 6.02. The van der Waals surface area contributed by atoms with E-state index in [4.69, 9.17) is 15.2 Å². The molecule has 0 saturated heterocycles. The van der Waals surface area contributed by atoms with E-state index in [9.17, 15) is 14.9 Å². The lowest BCUT2D eigenvalue weighted by Gasteiger charge is -2.38.